The molecular formula is C17H10ClNO3S. The number of halogens is 1. The number of thiazole rings is 1. The van der Waals surface area contributed by atoms with Gasteiger partial charge in [0.1, 0.15) is 0 Å². The number of carbonyl (C=O) groups is 1. The summed E-state index contributed by atoms with van der Waals surface area (Å²) >= 11 is 7.32. The molecule has 1 atom stereocenters. The zero-order valence-electron chi connectivity index (χ0n) is 11.7. The number of nitrogens with zero attached hydrogens (tertiary/aromatic N) is 1. The standard InChI is InChI=1S/C17H10ClNO3S/c18-14-11-7-6-10(9-4-2-1-3-5-9)13(14)17(11,22)12-8-23-15(19-12)16(20)21/h1-8,22H,(H,20,21). The quantitative estimate of drug-likeness (QED) is 0.894. The van der Waals surface area contributed by atoms with E-state index in [-0.39, 0.29) is 5.01 Å². The van der Waals surface area contributed by atoms with Crippen molar-refractivity contribution in [3.63, 3.8) is 0 Å². The molecule has 4 nitrogen and oxygen atoms in total. The molecule has 0 spiro atoms. The van der Waals surface area contributed by atoms with Gasteiger partial charge in [0.05, 0.1) is 10.7 Å². The molecule has 1 aromatic heterocycles. The highest BCUT2D eigenvalue weighted by atomic mass is 35.5. The Hall–Kier alpha value is -2.21. The molecular weight excluding hydrogens is 334 g/mol. The Balaban J connectivity index is 1.83. The maximum atomic E-state index is 11.2. The topological polar surface area (TPSA) is 70.4 Å². The Bertz CT molecular complexity index is 926. The monoisotopic (exact) mass is 343 g/mol. The van der Waals surface area contributed by atoms with Crippen LogP contribution in [-0.4, -0.2) is 21.2 Å². The van der Waals surface area contributed by atoms with Gasteiger partial charge in [-0.05, 0) is 11.1 Å². The first kappa shape index (κ1) is 14.4. The minimum absolute atomic E-state index is 0.0547. The smallest absolute Gasteiger partial charge is 0.365 e. The first-order valence-electron chi connectivity index (χ1n) is 6.84. The predicted octanol–water partition coefficient (Wildman–Crippen LogP) is 3.56. The zero-order chi connectivity index (χ0) is 16.2. The van der Waals surface area contributed by atoms with Gasteiger partial charge in [-0.25, -0.2) is 9.78 Å². The van der Waals surface area contributed by atoms with Gasteiger partial charge in [0.2, 0.25) is 5.01 Å². The van der Waals surface area contributed by atoms with Crippen LogP contribution < -0.4 is 0 Å². The van der Waals surface area contributed by atoms with Crippen LogP contribution in [0.4, 0.5) is 0 Å². The third-order valence-corrected chi connectivity index (χ3v) is 5.26. The molecule has 0 radical (unpaired) electrons. The molecule has 2 aliphatic carbocycles. The lowest BCUT2D eigenvalue weighted by molar-refractivity contribution is 0.0694. The number of aromatic nitrogens is 1. The average Bonchev–Trinajstić information content (AvgIpc) is 3.06. The number of fused-ring (bicyclic) bond motifs is 2. The lowest BCUT2D eigenvalue weighted by Crippen LogP contribution is -2.42. The molecule has 2 aliphatic rings. The molecule has 6 heteroatoms. The minimum Gasteiger partial charge on any atom is -0.476 e. The number of hydrogen-bond donors (Lipinski definition) is 2. The number of carboxylic acids is 1. The number of rotatable bonds is 3. The van der Waals surface area contributed by atoms with Crippen LogP contribution in [0.1, 0.15) is 21.1 Å². The van der Waals surface area contributed by atoms with Crippen molar-refractivity contribution in [1.29, 1.82) is 0 Å². The second-order valence-corrected chi connectivity index (χ2v) is 6.51. The molecule has 0 fully saturated rings. The Labute approximate surface area is 140 Å². The molecule has 1 unspecified atom stereocenters. The van der Waals surface area contributed by atoms with Crippen molar-refractivity contribution < 1.29 is 15.0 Å². The van der Waals surface area contributed by atoms with Crippen LogP contribution in [-0.2, 0) is 5.60 Å². The molecule has 114 valence electrons. The summed E-state index contributed by atoms with van der Waals surface area (Å²) in [5, 5.41) is 22.2. The minimum atomic E-state index is -1.44. The van der Waals surface area contributed by atoms with Crippen LogP contribution in [0.5, 0.6) is 0 Å². The summed E-state index contributed by atoms with van der Waals surface area (Å²) in [7, 11) is 0. The highest BCUT2D eigenvalue weighted by molar-refractivity contribution is 7.11. The van der Waals surface area contributed by atoms with E-state index >= 15 is 0 Å². The van der Waals surface area contributed by atoms with Crippen molar-refractivity contribution in [3.05, 3.63) is 80.3 Å². The van der Waals surface area contributed by atoms with Gasteiger partial charge in [-0.3, -0.25) is 0 Å². The summed E-state index contributed by atoms with van der Waals surface area (Å²) < 4.78 is 0. The van der Waals surface area contributed by atoms with Gasteiger partial charge in [-0.2, -0.15) is 0 Å². The number of aromatic carboxylic acids is 1. The largest absolute Gasteiger partial charge is 0.476 e. The normalized spacial score (nSPS) is 22.3. The van der Waals surface area contributed by atoms with E-state index in [1.165, 1.54) is 0 Å². The summed E-state index contributed by atoms with van der Waals surface area (Å²) in [6, 6.07) is 9.60. The van der Waals surface area contributed by atoms with Gasteiger partial charge in [0.15, 0.2) is 5.60 Å². The SMILES string of the molecule is O=C(O)c1nc(C2(O)c3ccc(-c4ccccc4)c2c3Cl)cs1. The second-order valence-electron chi connectivity index (χ2n) is 5.27. The van der Waals surface area contributed by atoms with Crippen molar-refractivity contribution in [2.45, 2.75) is 5.60 Å². The molecule has 2 N–H and O–H groups in total. The first-order valence-corrected chi connectivity index (χ1v) is 8.10. The van der Waals surface area contributed by atoms with Gasteiger partial charge in [0, 0.05) is 16.5 Å². The van der Waals surface area contributed by atoms with Gasteiger partial charge in [-0.1, -0.05) is 54.1 Å². The maximum Gasteiger partial charge on any atom is 0.365 e. The number of aliphatic hydroxyl groups is 1. The molecule has 0 saturated heterocycles. The van der Waals surface area contributed by atoms with Crippen LogP contribution in [0.2, 0.25) is 0 Å². The second kappa shape index (κ2) is 4.89. The molecule has 0 saturated carbocycles. The Morgan fingerprint density at radius 3 is 2.57 bits per heavy atom. The predicted molar refractivity (Wildman–Crippen MR) is 88.4 cm³/mol. The van der Waals surface area contributed by atoms with Gasteiger partial charge < -0.3 is 10.2 Å². The van der Waals surface area contributed by atoms with Crippen molar-refractivity contribution >= 4 is 34.5 Å². The summed E-state index contributed by atoms with van der Waals surface area (Å²) in [5.74, 6) is -1.11. The van der Waals surface area contributed by atoms with Crippen molar-refractivity contribution in [2.24, 2.45) is 0 Å². The number of carboxylic acid groups (broad SMARTS) is 1. The fourth-order valence-corrected chi connectivity index (χ4v) is 4.08. The van der Waals surface area contributed by atoms with E-state index in [1.54, 1.807) is 11.5 Å². The van der Waals surface area contributed by atoms with E-state index in [0.717, 1.165) is 22.5 Å². The number of benzene rings is 1. The average molecular weight is 344 g/mol. The van der Waals surface area contributed by atoms with Gasteiger partial charge >= 0.3 is 5.97 Å². The zero-order valence-corrected chi connectivity index (χ0v) is 13.2. The molecule has 0 amide bonds. The molecule has 2 aromatic rings. The van der Waals surface area contributed by atoms with E-state index in [1.807, 2.05) is 36.4 Å². The lowest BCUT2D eigenvalue weighted by Gasteiger charge is -2.44. The highest BCUT2D eigenvalue weighted by Gasteiger charge is 2.53. The van der Waals surface area contributed by atoms with Crippen molar-refractivity contribution in [1.82, 2.24) is 4.98 Å². The van der Waals surface area contributed by atoms with Gasteiger partial charge in [0.25, 0.3) is 0 Å². The Kier molecular flexibility index (Phi) is 3.06. The molecule has 1 heterocycles. The summed E-state index contributed by atoms with van der Waals surface area (Å²) in [6.07, 6.45) is 3.67. The van der Waals surface area contributed by atoms with E-state index in [9.17, 15) is 9.90 Å². The lowest BCUT2D eigenvalue weighted by atomic mass is 9.65. The van der Waals surface area contributed by atoms with E-state index < -0.39 is 11.6 Å². The van der Waals surface area contributed by atoms with Crippen LogP contribution in [0.15, 0.2) is 64.0 Å². The first-order chi connectivity index (χ1) is 11.0. The fourth-order valence-electron chi connectivity index (χ4n) is 2.94. The van der Waals surface area contributed by atoms with E-state index in [4.69, 9.17) is 16.7 Å². The summed E-state index contributed by atoms with van der Waals surface area (Å²) in [4.78, 5) is 15.1. The Morgan fingerprint density at radius 1 is 1.22 bits per heavy atom. The highest BCUT2D eigenvalue weighted by Crippen LogP contribution is 2.59. The maximum absolute atomic E-state index is 11.2. The van der Waals surface area contributed by atoms with Crippen molar-refractivity contribution in [2.75, 3.05) is 0 Å². The van der Waals surface area contributed by atoms with Crippen molar-refractivity contribution in [3.8, 4) is 0 Å². The van der Waals surface area contributed by atoms with Crippen LogP contribution in [0.3, 0.4) is 0 Å². The summed E-state index contributed by atoms with van der Waals surface area (Å²) in [5.41, 5.74) is 1.73. The third-order valence-electron chi connectivity index (χ3n) is 4.04. The number of hydrogen-bond acceptors (Lipinski definition) is 4. The van der Waals surface area contributed by atoms with Gasteiger partial charge in [-0.15, -0.1) is 11.3 Å². The third kappa shape index (κ3) is 1.88. The molecule has 23 heavy (non-hydrogen) atoms. The fraction of sp³-hybridized carbons (Fsp3) is 0.0588. The van der Waals surface area contributed by atoms with E-state index in [0.29, 0.717) is 21.9 Å². The van der Waals surface area contributed by atoms with Crippen LogP contribution in [0, 0.1) is 0 Å². The number of allylic oxidation sites excluding steroid dienone is 2. The van der Waals surface area contributed by atoms with E-state index in [2.05, 4.69) is 4.98 Å². The molecule has 1 aromatic carbocycles. The molecule has 2 bridgehead atoms. The molecule has 4 rings (SSSR count). The summed E-state index contributed by atoms with van der Waals surface area (Å²) in [6.45, 7) is 0. The van der Waals surface area contributed by atoms with Crippen LogP contribution >= 0.6 is 22.9 Å². The van der Waals surface area contributed by atoms with Crippen LogP contribution in [0.25, 0.3) is 5.57 Å². The Morgan fingerprint density at radius 2 is 1.96 bits per heavy atom. The molecule has 0 aliphatic heterocycles.